The SMILES string of the molecule is CCOc1cccc(NC(=O)/C(=C/c2cccs2)NC(=O)c2ccc(OC)cc2)c1. The number of nitrogens with one attached hydrogen (secondary N) is 2. The van der Waals surface area contributed by atoms with Gasteiger partial charge in [-0.3, -0.25) is 9.59 Å². The van der Waals surface area contributed by atoms with E-state index in [9.17, 15) is 9.59 Å². The average Bonchev–Trinajstić information content (AvgIpc) is 3.27. The zero-order chi connectivity index (χ0) is 21.3. The summed E-state index contributed by atoms with van der Waals surface area (Å²) in [5, 5.41) is 7.43. The molecule has 2 aromatic carbocycles. The monoisotopic (exact) mass is 422 g/mol. The number of carbonyl (C=O) groups is 2. The highest BCUT2D eigenvalue weighted by Crippen LogP contribution is 2.19. The van der Waals surface area contributed by atoms with Gasteiger partial charge in [0.1, 0.15) is 17.2 Å². The van der Waals surface area contributed by atoms with Crippen LogP contribution in [0.1, 0.15) is 22.2 Å². The summed E-state index contributed by atoms with van der Waals surface area (Å²) in [6, 6.07) is 17.5. The van der Waals surface area contributed by atoms with Crippen molar-refractivity contribution in [2.24, 2.45) is 0 Å². The summed E-state index contributed by atoms with van der Waals surface area (Å²) >= 11 is 1.47. The fraction of sp³-hybridized carbons (Fsp3) is 0.130. The minimum atomic E-state index is -0.432. The Morgan fingerprint density at radius 2 is 1.83 bits per heavy atom. The van der Waals surface area contributed by atoms with Crippen LogP contribution in [-0.2, 0) is 4.79 Å². The van der Waals surface area contributed by atoms with Crippen LogP contribution in [0.3, 0.4) is 0 Å². The number of benzene rings is 2. The van der Waals surface area contributed by atoms with Crippen LogP contribution in [0.2, 0.25) is 0 Å². The molecule has 30 heavy (non-hydrogen) atoms. The van der Waals surface area contributed by atoms with Gasteiger partial charge in [0.2, 0.25) is 0 Å². The predicted molar refractivity (Wildman–Crippen MR) is 119 cm³/mol. The fourth-order valence-corrected chi connectivity index (χ4v) is 3.30. The molecule has 0 aliphatic rings. The van der Waals surface area contributed by atoms with Gasteiger partial charge in [-0.25, -0.2) is 0 Å². The first kappa shape index (κ1) is 21.1. The third-order valence-corrected chi connectivity index (χ3v) is 4.90. The van der Waals surface area contributed by atoms with E-state index in [-0.39, 0.29) is 5.70 Å². The molecule has 0 aliphatic carbocycles. The van der Waals surface area contributed by atoms with Crippen LogP contribution >= 0.6 is 11.3 Å². The molecule has 2 N–H and O–H groups in total. The molecule has 0 aliphatic heterocycles. The number of ether oxygens (including phenoxy) is 2. The average molecular weight is 423 g/mol. The molecule has 0 atom stereocenters. The number of hydrogen-bond donors (Lipinski definition) is 2. The summed E-state index contributed by atoms with van der Waals surface area (Å²) in [5.41, 5.74) is 1.13. The van der Waals surface area contributed by atoms with Crippen LogP contribution in [0.15, 0.2) is 71.7 Å². The summed E-state index contributed by atoms with van der Waals surface area (Å²) in [6.45, 7) is 2.42. The summed E-state index contributed by atoms with van der Waals surface area (Å²) < 4.78 is 10.6. The van der Waals surface area contributed by atoms with Crippen molar-refractivity contribution in [3.05, 3.63) is 82.2 Å². The van der Waals surface area contributed by atoms with Gasteiger partial charge in [-0.15, -0.1) is 11.3 Å². The lowest BCUT2D eigenvalue weighted by molar-refractivity contribution is -0.113. The molecule has 0 radical (unpaired) electrons. The number of thiophene rings is 1. The van der Waals surface area contributed by atoms with Crippen molar-refractivity contribution in [2.45, 2.75) is 6.92 Å². The van der Waals surface area contributed by atoms with Gasteiger partial charge in [0, 0.05) is 22.2 Å². The first-order chi connectivity index (χ1) is 14.6. The quantitative estimate of drug-likeness (QED) is 0.522. The predicted octanol–water partition coefficient (Wildman–Crippen LogP) is 4.57. The molecule has 154 valence electrons. The van der Waals surface area contributed by atoms with Gasteiger partial charge in [-0.1, -0.05) is 12.1 Å². The molecular formula is C23H22N2O4S. The van der Waals surface area contributed by atoms with Crippen molar-refractivity contribution in [3.63, 3.8) is 0 Å². The zero-order valence-electron chi connectivity index (χ0n) is 16.7. The second-order valence-corrected chi connectivity index (χ2v) is 7.15. The molecule has 0 fully saturated rings. The van der Waals surface area contributed by atoms with E-state index in [1.165, 1.54) is 11.3 Å². The van der Waals surface area contributed by atoms with Gasteiger partial charge < -0.3 is 20.1 Å². The summed E-state index contributed by atoms with van der Waals surface area (Å²) in [4.78, 5) is 26.5. The molecule has 0 saturated carbocycles. The lowest BCUT2D eigenvalue weighted by Crippen LogP contribution is -2.30. The van der Waals surface area contributed by atoms with Gasteiger partial charge in [0.25, 0.3) is 11.8 Å². The lowest BCUT2D eigenvalue weighted by Gasteiger charge is -2.12. The smallest absolute Gasteiger partial charge is 0.272 e. The van der Waals surface area contributed by atoms with E-state index in [0.717, 1.165) is 4.88 Å². The van der Waals surface area contributed by atoms with E-state index >= 15 is 0 Å². The molecule has 3 rings (SSSR count). The summed E-state index contributed by atoms with van der Waals surface area (Å²) in [5.74, 6) is 0.478. The van der Waals surface area contributed by atoms with Crippen molar-refractivity contribution in [1.29, 1.82) is 0 Å². The molecule has 7 heteroatoms. The van der Waals surface area contributed by atoms with Crippen LogP contribution in [0.4, 0.5) is 5.69 Å². The van der Waals surface area contributed by atoms with E-state index < -0.39 is 11.8 Å². The molecule has 2 amide bonds. The van der Waals surface area contributed by atoms with Crippen LogP contribution in [0.5, 0.6) is 11.5 Å². The highest BCUT2D eigenvalue weighted by atomic mass is 32.1. The number of carbonyl (C=O) groups excluding carboxylic acids is 2. The number of hydrogen-bond acceptors (Lipinski definition) is 5. The van der Waals surface area contributed by atoms with Crippen molar-refractivity contribution in [3.8, 4) is 11.5 Å². The van der Waals surface area contributed by atoms with Gasteiger partial charge in [-0.05, 0) is 60.8 Å². The number of rotatable bonds is 8. The molecule has 0 unspecified atom stereocenters. The van der Waals surface area contributed by atoms with Crippen LogP contribution in [-0.4, -0.2) is 25.5 Å². The number of amides is 2. The van der Waals surface area contributed by atoms with Gasteiger partial charge in [-0.2, -0.15) is 0 Å². The largest absolute Gasteiger partial charge is 0.497 e. The molecule has 0 bridgehead atoms. The van der Waals surface area contributed by atoms with Crippen molar-refractivity contribution < 1.29 is 19.1 Å². The highest BCUT2D eigenvalue weighted by Gasteiger charge is 2.16. The zero-order valence-corrected chi connectivity index (χ0v) is 17.5. The number of anilines is 1. The van der Waals surface area contributed by atoms with E-state index in [1.807, 2.05) is 30.5 Å². The van der Waals surface area contributed by atoms with Gasteiger partial charge in [0.05, 0.1) is 13.7 Å². The van der Waals surface area contributed by atoms with Crippen LogP contribution in [0, 0.1) is 0 Å². The molecule has 3 aromatic rings. The Hall–Kier alpha value is -3.58. The lowest BCUT2D eigenvalue weighted by atomic mass is 10.2. The molecule has 0 saturated heterocycles. The topological polar surface area (TPSA) is 76.7 Å². The van der Waals surface area contributed by atoms with Crippen LogP contribution < -0.4 is 20.1 Å². The van der Waals surface area contributed by atoms with E-state index in [0.29, 0.717) is 29.4 Å². The Balaban J connectivity index is 1.80. The Morgan fingerprint density at radius 1 is 1.03 bits per heavy atom. The first-order valence-electron chi connectivity index (χ1n) is 9.34. The maximum atomic E-state index is 12.9. The third-order valence-electron chi connectivity index (χ3n) is 4.08. The van der Waals surface area contributed by atoms with Gasteiger partial charge in [0.15, 0.2) is 0 Å². The summed E-state index contributed by atoms with van der Waals surface area (Å²) in [7, 11) is 1.56. The van der Waals surface area contributed by atoms with E-state index in [4.69, 9.17) is 9.47 Å². The molecule has 0 spiro atoms. The molecule has 6 nitrogen and oxygen atoms in total. The Morgan fingerprint density at radius 3 is 2.50 bits per heavy atom. The second-order valence-electron chi connectivity index (χ2n) is 6.17. The van der Waals surface area contributed by atoms with Crippen molar-refractivity contribution in [2.75, 3.05) is 19.0 Å². The minimum absolute atomic E-state index is 0.139. The van der Waals surface area contributed by atoms with Crippen molar-refractivity contribution in [1.82, 2.24) is 5.32 Å². The van der Waals surface area contributed by atoms with Crippen molar-refractivity contribution >= 4 is 34.9 Å². The normalized spacial score (nSPS) is 10.9. The highest BCUT2D eigenvalue weighted by molar-refractivity contribution is 7.10. The van der Waals surface area contributed by atoms with E-state index in [2.05, 4.69) is 10.6 Å². The molecule has 1 aromatic heterocycles. The maximum Gasteiger partial charge on any atom is 0.272 e. The fourth-order valence-electron chi connectivity index (χ4n) is 2.64. The second kappa shape index (κ2) is 10.3. The standard InChI is InChI=1S/C23H22N2O4S/c1-3-29-19-7-4-6-17(14-19)24-23(27)21(15-20-8-5-13-30-20)25-22(26)16-9-11-18(28-2)12-10-16/h4-15H,3H2,1-2H3,(H,24,27)(H,25,26)/b21-15-. The summed E-state index contributed by atoms with van der Waals surface area (Å²) in [6.07, 6.45) is 1.65. The number of methoxy groups -OCH3 is 1. The Labute approximate surface area is 179 Å². The minimum Gasteiger partial charge on any atom is -0.497 e. The Bertz CT molecular complexity index is 1030. The Kier molecular flexibility index (Phi) is 7.24. The molecular weight excluding hydrogens is 400 g/mol. The maximum absolute atomic E-state index is 12.9. The molecule has 1 heterocycles. The van der Waals surface area contributed by atoms with Crippen LogP contribution in [0.25, 0.3) is 6.08 Å². The van der Waals surface area contributed by atoms with Gasteiger partial charge >= 0.3 is 0 Å². The first-order valence-corrected chi connectivity index (χ1v) is 10.2. The van der Waals surface area contributed by atoms with E-state index in [1.54, 1.807) is 55.7 Å². The third kappa shape index (κ3) is 5.71.